The number of rotatable bonds is 7. The molecule has 0 spiro atoms. The second-order valence-electron chi connectivity index (χ2n) is 5.25. The number of carbonyl (C=O) groups excluding carboxylic acids is 1. The summed E-state index contributed by atoms with van der Waals surface area (Å²) >= 11 is 0. The predicted molar refractivity (Wildman–Crippen MR) is 63.9 cm³/mol. The Labute approximate surface area is 94.0 Å². The van der Waals surface area contributed by atoms with Gasteiger partial charge in [0.1, 0.15) is 6.29 Å². The first-order valence-electron chi connectivity index (χ1n) is 6.32. The van der Waals surface area contributed by atoms with Gasteiger partial charge in [0, 0.05) is 18.5 Å². The molecule has 0 amide bonds. The molecule has 0 N–H and O–H groups in total. The van der Waals surface area contributed by atoms with Crippen LogP contribution < -0.4 is 0 Å². The van der Waals surface area contributed by atoms with Crippen LogP contribution in [0.5, 0.6) is 0 Å². The molecular formula is C13H25NO. The van der Waals surface area contributed by atoms with E-state index in [0.29, 0.717) is 0 Å². The molecule has 1 atom stereocenters. The standard InChI is InChI=1S/C13H25NO/c1-4-13(3,11-15)10-14(5-2)9-12-7-6-8-12/h11-12H,4-10H2,1-3H3. The number of hydrogen-bond donors (Lipinski definition) is 0. The molecule has 0 saturated heterocycles. The molecule has 1 aliphatic rings. The van der Waals surface area contributed by atoms with Crippen molar-refractivity contribution < 1.29 is 4.79 Å². The van der Waals surface area contributed by atoms with Crippen LogP contribution >= 0.6 is 0 Å². The summed E-state index contributed by atoms with van der Waals surface area (Å²) in [7, 11) is 0. The van der Waals surface area contributed by atoms with Crippen LogP contribution in [-0.4, -0.2) is 30.8 Å². The molecule has 0 aliphatic heterocycles. The van der Waals surface area contributed by atoms with Gasteiger partial charge in [-0.05, 0) is 31.7 Å². The molecule has 1 rings (SSSR count). The third-order valence-electron chi connectivity index (χ3n) is 3.87. The van der Waals surface area contributed by atoms with Gasteiger partial charge >= 0.3 is 0 Å². The van der Waals surface area contributed by atoms with Gasteiger partial charge < -0.3 is 9.69 Å². The number of nitrogens with zero attached hydrogens (tertiary/aromatic N) is 1. The van der Waals surface area contributed by atoms with Gasteiger partial charge in [-0.3, -0.25) is 0 Å². The fourth-order valence-electron chi connectivity index (χ4n) is 2.09. The van der Waals surface area contributed by atoms with E-state index in [0.717, 1.165) is 31.7 Å². The third-order valence-corrected chi connectivity index (χ3v) is 3.87. The topological polar surface area (TPSA) is 20.3 Å². The first-order chi connectivity index (χ1) is 7.13. The summed E-state index contributed by atoms with van der Waals surface area (Å²) < 4.78 is 0. The molecule has 2 heteroatoms. The summed E-state index contributed by atoms with van der Waals surface area (Å²) in [5.41, 5.74) is -0.139. The summed E-state index contributed by atoms with van der Waals surface area (Å²) in [4.78, 5) is 13.5. The molecule has 15 heavy (non-hydrogen) atoms. The summed E-state index contributed by atoms with van der Waals surface area (Å²) in [6, 6.07) is 0. The molecule has 1 aliphatic carbocycles. The van der Waals surface area contributed by atoms with Crippen molar-refractivity contribution in [3.8, 4) is 0 Å². The molecule has 0 radical (unpaired) electrons. The highest BCUT2D eigenvalue weighted by Gasteiger charge is 2.27. The fraction of sp³-hybridized carbons (Fsp3) is 0.923. The van der Waals surface area contributed by atoms with Gasteiger partial charge in [0.2, 0.25) is 0 Å². The first-order valence-corrected chi connectivity index (χ1v) is 6.32. The van der Waals surface area contributed by atoms with Crippen LogP contribution in [0.25, 0.3) is 0 Å². The second kappa shape index (κ2) is 5.64. The highest BCUT2D eigenvalue weighted by molar-refractivity contribution is 5.58. The van der Waals surface area contributed by atoms with E-state index in [1.54, 1.807) is 0 Å². The zero-order valence-electron chi connectivity index (χ0n) is 10.5. The molecule has 0 bridgehead atoms. The monoisotopic (exact) mass is 211 g/mol. The van der Waals surface area contributed by atoms with Crippen molar-refractivity contribution >= 4 is 6.29 Å². The zero-order chi connectivity index (χ0) is 11.3. The molecule has 0 heterocycles. The number of carbonyl (C=O) groups is 1. The SMILES string of the molecule is CCN(CC1CCC1)CC(C)(C=O)CC. The summed E-state index contributed by atoms with van der Waals surface area (Å²) in [5, 5.41) is 0. The lowest BCUT2D eigenvalue weighted by Gasteiger charge is -2.35. The summed E-state index contributed by atoms with van der Waals surface area (Å²) in [6.45, 7) is 9.56. The Morgan fingerprint density at radius 3 is 2.40 bits per heavy atom. The van der Waals surface area contributed by atoms with Crippen molar-refractivity contribution in [2.45, 2.75) is 46.5 Å². The quantitative estimate of drug-likeness (QED) is 0.603. The molecule has 2 nitrogen and oxygen atoms in total. The van der Waals surface area contributed by atoms with Gasteiger partial charge in [-0.2, -0.15) is 0 Å². The molecule has 0 aromatic heterocycles. The Balaban J connectivity index is 2.39. The number of aldehydes is 1. The highest BCUT2D eigenvalue weighted by Crippen LogP contribution is 2.28. The Bertz CT molecular complexity index is 201. The molecule has 0 aromatic carbocycles. The molecule has 88 valence electrons. The Morgan fingerprint density at radius 2 is 2.07 bits per heavy atom. The van der Waals surface area contributed by atoms with Gasteiger partial charge in [-0.25, -0.2) is 0 Å². The van der Waals surface area contributed by atoms with E-state index in [9.17, 15) is 4.79 Å². The van der Waals surface area contributed by atoms with Crippen molar-refractivity contribution in [2.24, 2.45) is 11.3 Å². The fourth-order valence-corrected chi connectivity index (χ4v) is 2.09. The van der Waals surface area contributed by atoms with E-state index in [2.05, 4.69) is 25.7 Å². The largest absolute Gasteiger partial charge is 0.303 e. The lowest BCUT2D eigenvalue weighted by molar-refractivity contribution is -0.116. The molecule has 1 saturated carbocycles. The zero-order valence-corrected chi connectivity index (χ0v) is 10.5. The minimum absolute atomic E-state index is 0.139. The van der Waals surface area contributed by atoms with Crippen molar-refractivity contribution in [2.75, 3.05) is 19.6 Å². The van der Waals surface area contributed by atoms with E-state index in [-0.39, 0.29) is 5.41 Å². The maximum atomic E-state index is 11.1. The van der Waals surface area contributed by atoms with Crippen LogP contribution in [0.15, 0.2) is 0 Å². The minimum atomic E-state index is -0.139. The first kappa shape index (κ1) is 12.7. The second-order valence-corrected chi connectivity index (χ2v) is 5.25. The van der Waals surface area contributed by atoms with E-state index >= 15 is 0 Å². The van der Waals surface area contributed by atoms with Crippen molar-refractivity contribution in [1.82, 2.24) is 4.90 Å². The third kappa shape index (κ3) is 3.60. The van der Waals surface area contributed by atoms with Gasteiger partial charge in [-0.15, -0.1) is 0 Å². The van der Waals surface area contributed by atoms with Gasteiger partial charge in [0.05, 0.1) is 0 Å². The van der Waals surface area contributed by atoms with Crippen molar-refractivity contribution in [3.63, 3.8) is 0 Å². The summed E-state index contributed by atoms with van der Waals surface area (Å²) in [6.07, 6.45) is 6.26. The normalized spacial score (nSPS) is 21.1. The molecular weight excluding hydrogens is 186 g/mol. The maximum Gasteiger partial charge on any atom is 0.127 e. The smallest absolute Gasteiger partial charge is 0.127 e. The van der Waals surface area contributed by atoms with Crippen LogP contribution in [0, 0.1) is 11.3 Å². The Morgan fingerprint density at radius 1 is 1.40 bits per heavy atom. The number of hydrogen-bond acceptors (Lipinski definition) is 2. The lowest BCUT2D eigenvalue weighted by atomic mass is 9.83. The van der Waals surface area contributed by atoms with E-state index in [1.807, 2.05) is 0 Å². The highest BCUT2D eigenvalue weighted by atomic mass is 16.1. The van der Waals surface area contributed by atoms with Crippen LogP contribution in [0.1, 0.15) is 46.5 Å². The Kier molecular flexibility index (Phi) is 4.78. The van der Waals surface area contributed by atoms with E-state index in [1.165, 1.54) is 25.8 Å². The minimum Gasteiger partial charge on any atom is -0.303 e. The van der Waals surface area contributed by atoms with Crippen molar-refractivity contribution in [3.05, 3.63) is 0 Å². The molecule has 0 aromatic rings. The van der Waals surface area contributed by atoms with Crippen LogP contribution in [0.3, 0.4) is 0 Å². The average Bonchev–Trinajstić information content (AvgIpc) is 2.21. The average molecular weight is 211 g/mol. The lowest BCUT2D eigenvalue weighted by Crippen LogP contribution is -2.40. The van der Waals surface area contributed by atoms with Crippen LogP contribution in [-0.2, 0) is 4.79 Å². The van der Waals surface area contributed by atoms with Crippen LogP contribution in [0.4, 0.5) is 0 Å². The van der Waals surface area contributed by atoms with E-state index < -0.39 is 0 Å². The maximum absolute atomic E-state index is 11.1. The van der Waals surface area contributed by atoms with E-state index in [4.69, 9.17) is 0 Å². The predicted octanol–water partition coefficient (Wildman–Crippen LogP) is 2.72. The van der Waals surface area contributed by atoms with Gasteiger partial charge in [0.25, 0.3) is 0 Å². The van der Waals surface area contributed by atoms with Gasteiger partial charge in [0.15, 0.2) is 0 Å². The van der Waals surface area contributed by atoms with Crippen molar-refractivity contribution in [1.29, 1.82) is 0 Å². The Hall–Kier alpha value is -0.370. The summed E-state index contributed by atoms with van der Waals surface area (Å²) in [5.74, 6) is 0.901. The molecule has 1 unspecified atom stereocenters. The van der Waals surface area contributed by atoms with Gasteiger partial charge in [-0.1, -0.05) is 27.2 Å². The molecule has 1 fully saturated rings. The van der Waals surface area contributed by atoms with Crippen LogP contribution in [0.2, 0.25) is 0 Å².